The van der Waals surface area contributed by atoms with Crippen LogP contribution in [0.5, 0.6) is 0 Å². The molecular weight excluding hydrogens is 350 g/mol. The quantitative estimate of drug-likeness (QED) is 0.472. The van der Waals surface area contributed by atoms with Gasteiger partial charge in [-0.1, -0.05) is 30.3 Å². The smallest absolute Gasteiger partial charge is 0.240 e. The summed E-state index contributed by atoms with van der Waals surface area (Å²) in [5, 5.41) is 9.91. The molecule has 0 bridgehead atoms. The predicted octanol–water partition coefficient (Wildman–Crippen LogP) is 2.93. The fraction of sp³-hybridized carbons (Fsp3) is 0.636. The van der Waals surface area contributed by atoms with Crippen molar-refractivity contribution in [2.75, 3.05) is 26.7 Å². The lowest BCUT2D eigenvalue weighted by atomic mass is 10.0. The van der Waals surface area contributed by atoms with E-state index in [0.717, 1.165) is 12.5 Å². The minimum absolute atomic E-state index is 0.0179. The summed E-state index contributed by atoms with van der Waals surface area (Å²) >= 11 is 0. The first-order chi connectivity index (χ1) is 12.9. The molecule has 6 heteroatoms. The van der Waals surface area contributed by atoms with Crippen molar-refractivity contribution in [2.45, 2.75) is 65.6 Å². The lowest BCUT2D eigenvalue weighted by Crippen LogP contribution is -2.49. The first kappa shape index (κ1) is 24.0. The van der Waals surface area contributed by atoms with Crippen molar-refractivity contribution in [2.24, 2.45) is 4.99 Å². The number of nitrogens with zero attached hydrogens (tertiary/aromatic N) is 2. The zero-order valence-corrected chi connectivity index (χ0v) is 18.9. The van der Waals surface area contributed by atoms with Gasteiger partial charge in [-0.25, -0.2) is 0 Å². The summed E-state index contributed by atoms with van der Waals surface area (Å²) in [5.41, 5.74) is 0.819. The molecule has 0 saturated heterocycles. The molecule has 0 heterocycles. The Morgan fingerprint density at radius 3 is 2.29 bits per heavy atom. The number of benzene rings is 1. The van der Waals surface area contributed by atoms with Crippen molar-refractivity contribution in [3.63, 3.8) is 0 Å². The third-order valence-corrected chi connectivity index (χ3v) is 4.12. The molecule has 0 radical (unpaired) electrons. The van der Waals surface area contributed by atoms with Crippen LogP contribution in [0.3, 0.4) is 0 Å². The van der Waals surface area contributed by atoms with Crippen LogP contribution in [0.2, 0.25) is 0 Å². The Labute approximate surface area is 171 Å². The summed E-state index contributed by atoms with van der Waals surface area (Å²) in [7, 11) is 1.89. The highest BCUT2D eigenvalue weighted by molar-refractivity contribution is 5.86. The molecule has 6 nitrogen and oxygen atoms in total. The lowest BCUT2D eigenvalue weighted by Gasteiger charge is -2.30. The van der Waals surface area contributed by atoms with Crippen molar-refractivity contribution >= 4 is 11.9 Å². The molecule has 0 aromatic heterocycles. The second-order valence-corrected chi connectivity index (χ2v) is 8.98. The molecule has 28 heavy (non-hydrogen) atoms. The van der Waals surface area contributed by atoms with Crippen LogP contribution in [0.25, 0.3) is 0 Å². The van der Waals surface area contributed by atoms with Crippen molar-refractivity contribution in [1.82, 2.24) is 20.9 Å². The third-order valence-electron chi connectivity index (χ3n) is 4.12. The molecule has 0 spiro atoms. The molecular formula is C22H39N5O. The van der Waals surface area contributed by atoms with Crippen LogP contribution in [-0.2, 0) is 4.79 Å². The highest BCUT2D eigenvalue weighted by atomic mass is 16.2. The van der Waals surface area contributed by atoms with Gasteiger partial charge in [0, 0.05) is 30.7 Å². The second-order valence-electron chi connectivity index (χ2n) is 8.98. The Morgan fingerprint density at radius 2 is 1.75 bits per heavy atom. The van der Waals surface area contributed by atoms with Gasteiger partial charge in [0.15, 0.2) is 5.96 Å². The molecule has 0 saturated carbocycles. The zero-order chi connectivity index (χ0) is 21.4. The Hall–Kier alpha value is -2.08. The average Bonchev–Trinajstić information content (AvgIpc) is 2.57. The van der Waals surface area contributed by atoms with Crippen LogP contribution in [-0.4, -0.2) is 54.5 Å². The zero-order valence-electron chi connectivity index (χ0n) is 18.9. The topological polar surface area (TPSA) is 68.8 Å². The Balaban J connectivity index is 2.74. The first-order valence-electron chi connectivity index (χ1n) is 10.1. The monoisotopic (exact) mass is 389 g/mol. The van der Waals surface area contributed by atoms with E-state index >= 15 is 0 Å². The second kappa shape index (κ2) is 10.5. The Bertz CT molecular complexity index is 634. The summed E-state index contributed by atoms with van der Waals surface area (Å²) in [6.45, 7) is 16.0. The molecule has 1 aromatic carbocycles. The van der Waals surface area contributed by atoms with E-state index in [0.29, 0.717) is 6.54 Å². The van der Waals surface area contributed by atoms with Crippen LogP contribution in [0.4, 0.5) is 0 Å². The van der Waals surface area contributed by atoms with Gasteiger partial charge in [0.25, 0.3) is 0 Å². The largest absolute Gasteiger partial charge is 0.357 e. The van der Waals surface area contributed by atoms with Gasteiger partial charge in [-0.3, -0.25) is 9.79 Å². The van der Waals surface area contributed by atoms with Gasteiger partial charge < -0.3 is 20.9 Å². The van der Waals surface area contributed by atoms with Gasteiger partial charge in [-0.2, -0.15) is 0 Å². The summed E-state index contributed by atoms with van der Waals surface area (Å²) in [6.07, 6.45) is 0. The van der Waals surface area contributed by atoms with E-state index in [4.69, 9.17) is 4.99 Å². The average molecular weight is 390 g/mol. The Kier molecular flexibility index (Phi) is 8.95. The number of carbonyl (C=O) groups is 1. The van der Waals surface area contributed by atoms with E-state index in [1.807, 2.05) is 45.7 Å². The molecule has 0 aliphatic heterocycles. The van der Waals surface area contributed by atoms with E-state index in [9.17, 15) is 4.79 Å². The first-order valence-corrected chi connectivity index (χ1v) is 10.1. The Morgan fingerprint density at radius 1 is 1.14 bits per heavy atom. The number of likely N-dealkylation sites (N-methyl/N-ethyl adjacent to an activating group) is 1. The van der Waals surface area contributed by atoms with Gasteiger partial charge in [-0.05, 0) is 54.0 Å². The van der Waals surface area contributed by atoms with Gasteiger partial charge in [0.05, 0.1) is 13.1 Å². The van der Waals surface area contributed by atoms with E-state index < -0.39 is 0 Å². The fourth-order valence-electron chi connectivity index (χ4n) is 2.95. The standard InChI is InChI=1S/C22H39N5O/c1-9-23-20(27(8)15-19(28)26-21(3,4)5)24-16-22(6,7)25-17(2)18-13-11-10-12-14-18/h10-14,17,25H,9,15-16H2,1-8H3,(H,23,24)(H,26,28). The summed E-state index contributed by atoms with van der Waals surface area (Å²) in [6, 6.07) is 10.6. The molecule has 0 fully saturated rings. The molecule has 158 valence electrons. The molecule has 0 aliphatic carbocycles. The number of rotatable bonds is 8. The number of aliphatic imine (C=N–C) groups is 1. The maximum atomic E-state index is 12.2. The number of nitrogens with one attached hydrogen (secondary N) is 3. The van der Waals surface area contributed by atoms with E-state index in [1.165, 1.54) is 5.56 Å². The fourth-order valence-corrected chi connectivity index (χ4v) is 2.95. The van der Waals surface area contributed by atoms with Crippen LogP contribution in [0.1, 0.15) is 60.1 Å². The van der Waals surface area contributed by atoms with Crippen LogP contribution < -0.4 is 16.0 Å². The van der Waals surface area contributed by atoms with Gasteiger partial charge in [0.1, 0.15) is 0 Å². The number of carbonyl (C=O) groups excluding carboxylic acids is 1. The molecule has 1 amide bonds. The molecule has 1 unspecified atom stereocenters. The summed E-state index contributed by atoms with van der Waals surface area (Å²) in [4.78, 5) is 18.9. The molecule has 1 rings (SSSR count). The SMILES string of the molecule is CCNC(=NCC(C)(C)NC(C)c1ccccc1)N(C)CC(=O)NC(C)(C)C. The van der Waals surface area contributed by atoms with Crippen molar-refractivity contribution in [1.29, 1.82) is 0 Å². The molecule has 3 N–H and O–H groups in total. The van der Waals surface area contributed by atoms with Crippen molar-refractivity contribution < 1.29 is 4.79 Å². The van der Waals surface area contributed by atoms with E-state index in [2.05, 4.69) is 61.0 Å². The number of hydrogen-bond acceptors (Lipinski definition) is 3. The van der Waals surface area contributed by atoms with Gasteiger partial charge in [0.2, 0.25) is 5.91 Å². The van der Waals surface area contributed by atoms with Gasteiger partial charge >= 0.3 is 0 Å². The lowest BCUT2D eigenvalue weighted by molar-refractivity contribution is -0.122. The normalized spacial score (nSPS) is 13.8. The maximum Gasteiger partial charge on any atom is 0.240 e. The van der Waals surface area contributed by atoms with Gasteiger partial charge in [-0.15, -0.1) is 0 Å². The van der Waals surface area contributed by atoms with Crippen molar-refractivity contribution in [3.8, 4) is 0 Å². The van der Waals surface area contributed by atoms with E-state index in [1.54, 1.807) is 0 Å². The number of guanidine groups is 1. The third kappa shape index (κ3) is 9.22. The molecule has 1 atom stereocenters. The van der Waals surface area contributed by atoms with Crippen LogP contribution in [0.15, 0.2) is 35.3 Å². The number of amides is 1. The van der Waals surface area contributed by atoms with Crippen LogP contribution >= 0.6 is 0 Å². The van der Waals surface area contributed by atoms with Crippen molar-refractivity contribution in [3.05, 3.63) is 35.9 Å². The molecule has 1 aromatic rings. The van der Waals surface area contributed by atoms with E-state index in [-0.39, 0.29) is 29.6 Å². The summed E-state index contributed by atoms with van der Waals surface area (Å²) in [5.74, 6) is 0.712. The molecule has 0 aliphatic rings. The number of hydrogen-bond donors (Lipinski definition) is 3. The maximum absolute atomic E-state index is 12.2. The van der Waals surface area contributed by atoms with Crippen LogP contribution in [0, 0.1) is 0 Å². The highest BCUT2D eigenvalue weighted by Crippen LogP contribution is 2.16. The highest BCUT2D eigenvalue weighted by Gasteiger charge is 2.22. The minimum Gasteiger partial charge on any atom is -0.357 e. The minimum atomic E-state index is -0.243. The predicted molar refractivity (Wildman–Crippen MR) is 119 cm³/mol. The summed E-state index contributed by atoms with van der Waals surface area (Å²) < 4.78 is 0.